The number of aromatic nitrogens is 2. The molecule has 1 aromatic heterocycles. The second kappa shape index (κ2) is 8.44. The molecule has 0 radical (unpaired) electrons. The molecule has 0 saturated carbocycles. The number of hydrogen-bond donors (Lipinski definition) is 0. The summed E-state index contributed by atoms with van der Waals surface area (Å²) in [6.07, 6.45) is 4.34. The Morgan fingerprint density at radius 3 is 1.65 bits per heavy atom. The number of nitrogens with zero attached hydrogens (tertiary/aromatic N) is 2. The second-order valence-corrected chi connectivity index (χ2v) is 8.01. The van der Waals surface area contributed by atoms with Gasteiger partial charge in [-0.15, -0.1) is 0 Å². The molecule has 0 bridgehead atoms. The van der Waals surface area contributed by atoms with Crippen molar-refractivity contribution in [3.8, 4) is 11.4 Å². The molecule has 0 unspecified atom stereocenters. The van der Waals surface area contributed by atoms with Crippen LogP contribution in [0.2, 0.25) is 0 Å². The summed E-state index contributed by atoms with van der Waals surface area (Å²) in [7, 11) is 1.44. The minimum atomic E-state index is -0.674. The molecule has 0 fully saturated rings. The Balaban J connectivity index is 0.00000196. The predicted molar refractivity (Wildman–Crippen MR) is 106 cm³/mol. The molecule has 2 nitrogen and oxygen atoms in total. The first-order valence-electron chi connectivity index (χ1n) is 8.37. The standard InChI is InChI=1S/C22H20N2P.BrH/c1-23-17-18-24(22(23)19-11-5-2-6-12-19)25(20-13-7-3-8-14-20)21-15-9-4-10-16-21;/h2-18H,1H3;1H/q+1;/p-1. The zero-order valence-electron chi connectivity index (χ0n) is 14.5. The molecule has 0 N–H and O–H groups in total. The molecular weight excluding hydrogens is 403 g/mol. The molecule has 0 spiro atoms. The van der Waals surface area contributed by atoms with Crippen molar-refractivity contribution in [2.75, 3.05) is 0 Å². The van der Waals surface area contributed by atoms with Crippen LogP contribution in [0.4, 0.5) is 0 Å². The first kappa shape index (κ1) is 18.6. The van der Waals surface area contributed by atoms with Crippen molar-refractivity contribution in [3.05, 3.63) is 103 Å². The molecule has 4 heteroatoms. The van der Waals surface area contributed by atoms with Crippen LogP contribution in [0.1, 0.15) is 0 Å². The van der Waals surface area contributed by atoms with Gasteiger partial charge in [0.1, 0.15) is 12.4 Å². The minimum Gasteiger partial charge on any atom is -1.00 e. The van der Waals surface area contributed by atoms with E-state index in [9.17, 15) is 0 Å². The Kier molecular flexibility index (Phi) is 6.03. The normalized spacial score (nSPS) is 10.5. The highest BCUT2D eigenvalue weighted by atomic mass is 79.9. The zero-order chi connectivity index (χ0) is 17.1. The Labute approximate surface area is 166 Å². The number of benzene rings is 3. The summed E-state index contributed by atoms with van der Waals surface area (Å²) in [5.74, 6) is 1.22. The molecule has 0 amide bonds. The highest BCUT2D eigenvalue weighted by Gasteiger charge is 2.28. The van der Waals surface area contributed by atoms with Gasteiger partial charge in [-0.05, 0) is 12.1 Å². The maximum Gasteiger partial charge on any atom is 0.291 e. The highest BCUT2D eigenvalue weighted by Crippen LogP contribution is 2.38. The maximum absolute atomic E-state index is 2.43. The van der Waals surface area contributed by atoms with Crippen molar-refractivity contribution in [1.29, 1.82) is 0 Å². The lowest BCUT2D eigenvalue weighted by Gasteiger charge is -2.16. The van der Waals surface area contributed by atoms with Crippen LogP contribution in [0.5, 0.6) is 0 Å². The molecule has 4 aromatic rings. The van der Waals surface area contributed by atoms with E-state index in [1.165, 1.54) is 22.0 Å². The monoisotopic (exact) mass is 422 g/mol. The predicted octanol–water partition coefficient (Wildman–Crippen LogP) is 0.880. The van der Waals surface area contributed by atoms with E-state index < -0.39 is 8.07 Å². The van der Waals surface area contributed by atoms with Gasteiger partial charge in [0.05, 0.1) is 12.6 Å². The van der Waals surface area contributed by atoms with E-state index in [-0.39, 0.29) is 17.0 Å². The van der Waals surface area contributed by atoms with Gasteiger partial charge in [-0.25, -0.2) is 8.90 Å². The summed E-state index contributed by atoms with van der Waals surface area (Å²) in [6.45, 7) is 0. The van der Waals surface area contributed by atoms with Crippen LogP contribution in [0.15, 0.2) is 103 Å². The van der Waals surface area contributed by atoms with Crippen LogP contribution in [-0.2, 0) is 7.05 Å². The molecule has 130 valence electrons. The van der Waals surface area contributed by atoms with Gasteiger partial charge in [0.15, 0.2) is 8.07 Å². The number of hydrogen-bond acceptors (Lipinski definition) is 0. The summed E-state index contributed by atoms with van der Waals surface area (Å²) in [5.41, 5.74) is 1.23. The average Bonchev–Trinajstić information content (AvgIpc) is 3.05. The lowest BCUT2D eigenvalue weighted by atomic mass is 10.2. The van der Waals surface area contributed by atoms with Gasteiger partial charge in [0.25, 0.3) is 5.82 Å². The first-order chi connectivity index (χ1) is 12.3. The molecule has 1 heterocycles. The molecule has 4 rings (SSSR count). The van der Waals surface area contributed by atoms with Crippen molar-refractivity contribution < 1.29 is 21.5 Å². The lowest BCUT2D eigenvalue weighted by molar-refractivity contribution is -0.659. The first-order valence-corrected chi connectivity index (χ1v) is 9.67. The molecule has 26 heavy (non-hydrogen) atoms. The van der Waals surface area contributed by atoms with Gasteiger partial charge in [0.2, 0.25) is 0 Å². The maximum atomic E-state index is 2.43. The number of rotatable bonds is 4. The number of imidazole rings is 1. The molecule has 3 aromatic carbocycles. The van der Waals surface area contributed by atoms with E-state index in [1.807, 2.05) is 0 Å². The van der Waals surface area contributed by atoms with Crippen molar-refractivity contribution in [2.24, 2.45) is 7.05 Å². The Morgan fingerprint density at radius 1 is 0.692 bits per heavy atom. The van der Waals surface area contributed by atoms with Crippen LogP contribution in [0.3, 0.4) is 0 Å². The molecule has 0 aliphatic carbocycles. The molecule has 0 aliphatic rings. The van der Waals surface area contributed by atoms with E-state index in [0.717, 1.165) is 0 Å². The van der Waals surface area contributed by atoms with Gasteiger partial charge >= 0.3 is 0 Å². The van der Waals surface area contributed by atoms with Crippen molar-refractivity contribution in [2.45, 2.75) is 0 Å². The van der Waals surface area contributed by atoms with Gasteiger partial charge in [-0.3, -0.25) is 0 Å². The van der Waals surface area contributed by atoms with Crippen LogP contribution in [0, 0.1) is 0 Å². The summed E-state index contributed by atoms with van der Waals surface area (Å²) in [4.78, 5) is 0. The van der Waals surface area contributed by atoms with Crippen LogP contribution >= 0.6 is 8.07 Å². The topological polar surface area (TPSA) is 8.81 Å². The van der Waals surface area contributed by atoms with Gasteiger partial charge in [-0.1, -0.05) is 78.9 Å². The van der Waals surface area contributed by atoms with E-state index in [2.05, 4.69) is 119 Å². The van der Waals surface area contributed by atoms with Crippen LogP contribution in [-0.4, -0.2) is 4.34 Å². The number of aryl methyl sites for hydroxylation is 1. The zero-order valence-corrected chi connectivity index (χ0v) is 17.0. The van der Waals surface area contributed by atoms with Crippen molar-refractivity contribution >= 4 is 18.7 Å². The Bertz CT molecular complexity index is 914. The van der Waals surface area contributed by atoms with Crippen molar-refractivity contribution in [1.82, 2.24) is 4.34 Å². The van der Waals surface area contributed by atoms with E-state index >= 15 is 0 Å². The van der Waals surface area contributed by atoms with Gasteiger partial charge in [0, 0.05) is 10.6 Å². The summed E-state index contributed by atoms with van der Waals surface area (Å²) in [5, 5.41) is 2.69. The fourth-order valence-corrected chi connectivity index (χ4v) is 5.43. The van der Waals surface area contributed by atoms with Crippen molar-refractivity contribution in [3.63, 3.8) is 0 Å². The fourth-order valence-electron chi connectivity index (χ4n) is 3.09. The third-order valence-corrected chi connectivity index (χ3v) is 6.56. The highest BCUT2D eigenvalue weighted by molar-refractivity contribution is 7.71. The quantitative estimate of drug-likeness (QED) is 0.341. The largest absolute Gasteiger partial charge is 1.00 e. The molecule has 0 saturated heterocycles. The van der Waals surface area contributed by atoms with Crippen LogP contribution in [0.25, 0.3) is 11.4 Å². The van der Waals surface area contributed by atoms with Gasteiger partial charge in [-0.2, -0.15) is 0 Å². The summed E-state index contributed by atoms with van der Waals surface area (Å²) >= 11 is 0. The van der Waals surface area contributed by atoms with E-state index in [0.29, 0.717) is 0 Å². The minimum absolute atomic E-state index is 0. The molecular formula is C22H20BrN2P. The van der Waals surface area contributed by atoms with Gasteiger partial charge < -0.3 is 17.0 Å². The smallest absolute Gasteiger partial charge is 0.291 e. The van der Waals surface area contributed by atoms with E-state index in [4.69, 9.17) is 0 Å². The van der Waals surface area contributed by atoms with Crippen LogP contribution < -0.4 is 32.2 Å². The second-order valence-electron chi connectivity index (χ2n) is 5.93. The third kappa shape index (κ3) is 3.65. The third-order valence-electron chi connectivity index (χ3n) is 4.23. The summed E-state index contributed by atoms with van der Waals surface area (Å²) < 4.78 is 4.63. The Hall–Kier alpha value is -2.22. The van der Waals surface area contributed by atoms with E-state index in [1.54, 1.807) is 0 Å². The lowest BCUT2D eigenvalue weighted by Crippen LogP contribution is -3.00. The number of halogens is 1. The fraction of sp³-hybridized carbons (Fsp3) is 0.0455. The molecule has 0 aliphatic heterocycles. The molecule has 0 atom stereocenters. The average molecular weight is 423 g/mol. The SMILES string of the molecule is C[n+]1ccn(P(c2ccccc2)c2ccccc2)c1-c1ccccc1.[Br-]. The summed E-state index contributed by atoms with van der Waals surface area (Å²) in [6, 6.07) is 32.2. The Morgan fingerprint density at radius 2 is 1.15 bits per heavy atom.